The third-order valence-corrected chi connectivity index (χ3v) is 7.55. The smallest absolute Gasteiger partial charge is 0.444 e. The first-order valence-corrected chi connectivity index (χ1v) is 14.7. The molecule has 0 aliphatic carbocycles. The molecule has 1 N–H and O–H groups in total. The van der Waals surface area contributed by atoms with E-state index in [1.165, 1.54) is 17.0 Å². The van der Waals surface area contributed by atoms with Crippen molar-refractivity contribution in [1.29, 1.82) is 0 Å². The Morgan fingerprint density at radius 1 is 0.838 bits per heavy atom. The number of quaternary nitrogens is 1. The van der Waals surface area contributed by atoms with Crippen LogP contribution in [-0.4, -0.2) is 88.1 Å². The van der Waals surface area contributed by atoms with Crippen molar-refractivity contribution in [3.8, 4) is 0 Å². The normalized spacial score (nSPS) is 16.6. The third kappa shape index (κ3) is 7.87. The van der Waals surface area contributed by atoms with E-state index in [2.05, 4.69) is 0 Å². The van der Waals surface area contributed by atoms with Crippen LogP contribution in [-0.2, 0) is 34.2 Å². The molecule has 1 fully saturated rings. The number of amides is 3. The van der Waals surface area contributed by atoms with Gasteiger partial charge in [-0.25, -0.2) is 21.6 Å². The van der Waals surface area contributed by atoms with Gasteiger partial charge in [-0.05, 0) is 58.6 Å². The first-order valence-electron chi connectivity index (χ1n) is 11.3. The molecule has 0 radical (unpaired) electrons. The molecular weight excluding hydrogens is 530 g/mol. The van der Waals surface area contributed by atoms with Crippen molar-refractivity contribution in [2.75, 3.05) is 32.4 Å². The molecule has 0 aromatic heterocycles. The molecule has 0 spiro atoms. The number of sulfonamides is 1. The van der Waals surface area contributed by atoms with Gasteiger partial charge in [-0.15, -0.1) is 4.48 Å². The number of nitrogens with zero attached hydrogens (tertiary/aromatic N) is 2. The number of nitrogens with one attached hydrogen (secondary N) is 1. The van der Waals surface area contributed by atoms with E-state index in [0.29, 0.717) is 0 Å². The predicted molar refractivity (Wildman–Crippen MR) is 130 cm³/mol. The maximum absolute atomic E-state index is 13.2. The Bertz CT molecular complexity index is 1250. The minimum atomic E-state index is -4.66. The highest BCUT2D eigenvalue weighted by Crippen LogP contribution is 2.24. The van der Waals surface area contributed by atoms with Gasteiger partial charge >= 0.3 is 18.3 Å². The molecule has 1 aliphatic heterocycles. The van der Waals surface area contributed by atoms with Gasteiger partial charge in [-0.1, -0.05) is 12.1 Å². The molecule has 1 aromatic carbocycles. The second-order valence-corrected chi connectivity index (χ2v) is 14.1. The lowest BCUT2D eigenvalue weighted by Crippen LogP contribution is -2.67. The number of rotatable bonds is 4. The Balaban J connectivity index is 2.30. The largest absolute Gasteiger partial charge is 0.546 e. The average Bonchev–Trinajstić information content (AvgIpc) is 2.74. The minimum absolute atomic E-state index is 0.0904. The van der Waals surface area contributed by atoms with E-state index in [1.54, 1.807) is 46.4 Å². The zero-order valence-corrected chi connectivity index (χ0v) is 23.6. The highest BCUT2D eigenvalue weighted by Gasteiger charge is 2.53. The molecule has 0 atom stereocenters. The van der Waals surface area contributed by atoms with Crippen LogP contribution >= 0.6 is 0 Å². The second kappa shape index (κ2) is 10.6. The molecule has 1 heterocycles. The fraction of sp³-hybridized carbons (Fsp3) is 0.591. The van der Waals surface area contributed by atoms with Gasteiger partial charge in [-0.3, -0.25) is 4.90 Å². The maximum Gasteiger partial charge on any atom is 0.546 e. The SMILES string of the molecule is CC(C)(C)OC(=O)N1CC[N+](C(=O)ONS(=O)(=O)c2ccccc2S(C)(=O)=O)(C(=O)OC(C)(C)C)CC1. The highest BCUT2D eigenvalue weighted by atomic mass is 32.2. The molecule has 1 saturated heterocycles. The fourth-order valence-electron chi connectivity index (χ4n) is 3.31. The van der Waals surface area contributed by atoms with Crippen molar-refractivity contribution >= 4 is 38.1 Å². The number of ether oxygens (including phenoxy) is 2. The lowest BCUT2D eigenvalue weighted by atomic mass is 10.2. The number of benzene rings is 1. The van der Waals surface area contributed by atoms with E-state index in [4.69, 9.17) is 14.3 Å². The Labute approximate surface area is 217 Å². The van der Waals surface area contributed by atoms with Gasteiger partial charge in [0.15, 0.2) is 9.84 Å². The topological polar surface area (TPSA) is 162 Å². The summed E-state index contributed by atoms with van der Waals surface area (Å²) in [4.78, 5) is 45.4. The van der Waals surface area contributed by atoms with Gasteiger partial charge in [0.2, 0.25) is 0 Å². The number of imide groups is 1. The number of hydrogen-bond acceptors (Lipinski definition) is 10. The van der Waals surface area contributed by atoms with Crippen LogP contribution in [0.4, 0.5) is 14.4 Å². The third-order valence-electron chi connectivity index (χ3n) is 5.02. The van der Waals surface area contributed by atoms with Crippen LogP contribution < -0.4 is 4.89 Å². The molecule has 0 bridgehead atoms. The van der Waals surface area contributed by atoms with E-state index in [1.807, 2.05) is 0 Å². The Morgan fingerprint density at radius 3 is 1.78 bits per heavy atom. The fourth-order valence-corrected chi connectivity index (χ4v) is 5.71. The van der Waals surface area contributed by atoms with Gasteiger partial charge < -0.3 is 14.3 Å². The maximum atomic E-state index is 13.2. The van der Waals surface area contributed by atoms with E-state index in [9.17, 15) is 31.2 Å². The summed E-state index contributed by atoms with van der Waals surface area (Å²) in [5.74, 6) is 0. The zero-order valence-electron chi connectivity index (χ0n) is 21.9. The van der Waals surface area contributed by atoms with E-state index in [-0.39, 0.29) is 26.2 Å². The summed E-state index contributed by atoms with van der Waals surface area (Å²) < 4.78 is 59.3. The van der Waals surface area contributed by atoms with Crippen molar-refractivity contribution in [1.82, 2.24) is 9.79 Å². The van der Waals surface area contributed by atoms with Crippen LogP contribution in [0.2, 0.25) is 0 Å². The Kier molecular flexibility index (Phi) is 8.69. The lowest BCUT2D eigenvalue weighted by molar-refractivity contribution is -0.792. The number of carbonyl (C=O) groups is 3. The van der Waals surface area contributed by atoms with E-state index >= 15 is 0 Å². The van der Waals surface area contributed by atoms with E-state index in [0.717, 1.165) is 18.4 Å². The first kappa shape index (κ1) is 30.5. The summed E-state index contributed by atoms with van der Waals surface area (Å²) in [5.41, 5.74) is -1.75. The summed E-state index contributed by atoms with van der Waals surface area (Å²) in [6.07, 6.45) is -2.11. The van der Waals surface area contributed by atoms with Crippen molar-refractivity contribution in [2.45, 2.75) is 62.5 Å². The molecule has 2 rings (SSSR count). The quantitative estimate of drug-likeness (QED) is 0.326. The molecule has 0 saturated carbocycles. The number of piperazine rings is 1. The molecule has 15 heteroatoms. The number of carbonyl (C=O) groups excluding carboxylic acids is 3. The van der Waals surface area contributed by atoms with Gasteiger partial charge in [0.1, 0.15) is 29.2 Å². The molecule has 1 aromatic rings. The molecule has 0 unspecified atom stereocenters. The van der Waals surface area contributed by atoms with Crippen molar-refractivity contribution in [3.63, 3.8) is 0 Å². The Morgan fingerprint density at radius 2 is 1.32 bits per heavy atom. The van der Waals surface area contributed by atoms with Gasteiger partial charge in [-0.2, -0.15) is 9.59 Å². The summed E-state index contributed by atoms with van der Waals surface area (Å²) in [6.45, 7) is 9.12. The molecular formula is C22H34N3O10S2+. The molecule has 13 nitrogen and oxygen atoms in total. The van der Waals surface area contributed by atoms with Crippen LogP contribution in [0, 0.1) is 0 Å². The van der Waals surface area contributed by atoms with Crippen molar-refractivity contribution in [3.05, 3.63) is 24.3 Å². The molecule has 208 valence electrons. The van der Waals surface area contributed by atoms with Gasteiger partial charge in [0, 0.05) is 6.26 Å². The zero-order chi connectivity index (χ0) is 28.4. The molecule has 1 aliphatic rings. The standard InChI is InChI=1S/C22H34N3O10S2/c1-21(2,3)33-18(26)24-12-14-25(15-13-24,19(27)34-22(4,5)6)20(28)35-23-37(31,32)17-11-9-8-10-16(17)36(7,29)30/h8-11,23H,12-15H2,1-7H3/q+1. The minimum Gasteiger partial charge on any atom is -0.444 e. The van der Waals surface area contributed by atoms with E-state index < -0.39 is 63.6 Å². The Hall–Kier alpha value is -2.75. The summed E-state index contributed by atoms with van der Waals surface area (Å²) in [6, 6.07) is 4.77. The molecule has 3 amide bonds. The van der Waals surface area contributed by atoms with Crippen LogP contribution in [0.3, 0.4) is 0 Å². The summed E-state index contributed by atoms with van der Waals surface area (Å²) >= 11 is 0. The average molecular weight is 565 g/mol. The van der Waals surface area contributed by atoms with Crippen molar-refractivity contribution in [2.24, 2.45) is 0 Å². The molecule has 37 heavy (non-hydrogen) atoms. The summed E-state index contributed by atoms with van der Waals surface area (Å²) in [7, 11) is -8.59. The highest BCUT2D eigenvalue weighted by molar-refractivity contribution is 7.93. The predicted octanol–water partition coefficient (Wildman–Crippen LogP) is 2.42. The van der Waals surface area contributed by atoms with Gasteiger partial charge in [0.05, 0.1) is 18.0 Å². The van der Waals surface area contributed by atoms with Crippen LogP contribution in [0.15, 0.2) is 34.1 Å². The van der Waals surface area contributed by atoms with Crippen LogP contribution in [0.5, 0.6) is 0 Å². The van der Waals surface area contributed by atoms with Crippen molar-refractivity contribution < 1.29 is 50.0 Å². The van der Waals surface area contributed by atoms with Crippen LogP contribution in [0.1, 0.15) is 41.5 Å². The number of hydrogen-bond donors (Lipinski definition) is 1. The van der Waals surface area contributed by atoms with Crippen LogP contribution in [0.25, 0.3) is 0 Å². The first-order chi connectivity index (χ1) is 16.7. The monoisotopic (exact) mass is 564 g/mol. The number of sulfone groups is 1. The summed E-state index contributed by atoms with van der Waals surface area (Å²) in [5, 5.41) is 0. The van der Waals surface area contributed by atoms with Gasteiger partial charge in [0.25, 0.3) is 10.0 Å². The second-order valence-electron chi connectivity index (χ2n) is 10.5. The lowest BCUT2D eigenvalue weighted by Gasteiger charge is -2.39.